The lowest BCUT2D eigenvalue weighted by atomic mass is 9.99. The Morgan fingerprint density at radius 3 is 2.95 bits per heavy atom. The number of piperidine rings is 1. The third-order valence-electron chi connectivity index (χ3n) is 3.77. The van der Waals surface area contributed by atoms with Crippen LogP contribution in [-0.4, -0.2) is 30.8 Å². The molecule has 1 aromatic rings. The van der Waals surface area contributed by atoms with Crippen LogP contribution >= 0.6 is 11.8 Å². The van der Waals surface area contributed by atoms with Crippen LogP contribution in [0.3, 0.4) is 0 Å². The molecule has 0 saturated carbocycles. The molecule has 0 bridgehead atoms. The van der Waals surface area contributed by atoms with Crippen molar-refractivity contribution in [3.05, 3.63) is 29.3 Å². The van der Waals surface area contributed by atoms with E-state index in [1.165, 1.54) is 0 Å². The van der Waals surface area contributed by atoms with Crippen LogP contribution in [0.15, 0.2) is 23.1 Å². The van der Waals surface area contributed by atoms with E-state index < -0.39 is 0 Å². The van der Waals surface area contributed by atoms with Crippen LogP contribution in [0, 0.1) is 6.92 Å². The lowest BCUT2D eigenvalue weighted by Gasteiger charge is -2.30. The monoisotopic (exact) mass is 278 g/mol. The van der Waals surface area contributed by atoms with Gasteiger partial charge in [0, 0.05) is 22.5 Å². The van der Waals surface area contributed by atoms with E-state index in [0.717, 1.165) is 35.4 Å². The molecule has 1 fully saturated rings. The van der Waals surface area contributed by atoms with Crippen LogP contribution in [0.25, 0.3) is 0 Å². The summed E-state index contributed by atoms with van der Waals surface area (Å²) in [5, 5.41) is 6.57. The van der Waals surface area contributed by atoms with E-state index in [0.29, 0.717) is 6.04 Å². The molecule has 1 amide bonds. The van der Waals surface area contributed by atoms with Gasteiger partial charge in [0.2, 0.25) is 0 Å². The number of carbonyl (C=O) groups excluding carboxylic acids is 1. The highest BCUT2D eigenvalue weighted by atomic mass is 32.2. The normalized spacial score (nSPS) is 23.1. The van der Waals surface area contributed by atoms with E-state index >= 15 is 0 Å². The van der Waals surface area contributed by atoms with Gasteiger partial charge in [-0.1, -0.05) is 6.07 Å². The summed E-state index contributed by atoms with van der Waals surface area (Å²) in [4.78, 5) is 13.5. The Labute approximate surface area is 119 Å². The predicted molar refractivity (Wildman–Crippen MR) is 80.9 cm³/mol. The molecule has 0 aromatic heterocycles. The molecule has 0 radical (unpaired) electrons. The quantitative estimate of drug-likeness (QED) is 0.835. The first kappa shape index (κ1) is 14.4. The minimum absolute atomic E-state index is 0.0500. The highest BCUT2D eigenvalue weighted by molar-refractivity contribution is 7.98. The molecular weight excluding hydrogens is 256 g/mol. The van der Waals surface area contributed by atoms with Gasteiger partial charge in [-0.15, -0.1) is 11.8 Å². The van der Waals surface area contributed by atoms with Crippen molar-refractivity contribution >= 4 is 17.7 Å². The summed E-state index contributed by atoms with van der Waals surface area (Å²) in [7, 11) is 0. The van der Waals surface area contributed by atoms with Gasteiger partial charge in [0.15, 0.2) is 0 Å². The zero-order chi connectivity index (χ0) is 13.8. The zero-order valence-corrected chi connectivity index (χ0v) is 12.6. The fraction of sp³-hybridized carbons (Fsp3) is 0.533. The third-order valence-corrected chi connectivity index (χ3v) is 4.49. The van der Waals surface area contributed by atoms with Gasteiger partial charge in [0.25, 0.3) is 5.91 Å². The van der Waals surface area contributed by atoms with Crippen molar-refractivity contribution in [1.82, 2.24) is 10.6 Å². The Morgan fingerprint density at radius 1 is 1.47 bits per heavy atom. The molecule has 19 heavy (non-hydrogen) atoms. The number of carbonyl (C=O) groups is 1. The van der Waals surface area contributed by atoms with Crippen molar-refractivity contribution in [3.63, 3.8) is 0 Å². The first-order chi connectivity index (χ1) is 9.11. The number of nitrogens with one attached hydrogen (secondary N) is 2. The van der Waals surface area contributed by atoms with Gasteiger partial charge in [-0.2, -0.15) is 0 Å². The van der Waals surface area contributed by atoms with Crippen LogP contribution in [0.2, 0.25) is 0 Å². The molecule has 1 aliphatic rings. The number of rotatable bonds is 3. The second kappa shape index (κ2) is 6.44. The number of amides is 1. The average molecular weight is 278 g/mol. The Kier molecular flexibility index (Phi) is 4.88. The van der Waals surface area contributed by atoms with E-state index in [1.54, 1.807) is 11.8 Å². The Hall–Kier alpha value is -1.00. The second-order valence-corrected chi connectivity index (χ2v) is 6.03. The molecule has 3 nitrogen and oxygen atoms in total. The van der Waals surface area contributed by atoms with Gasteiger partial charge in [0.05, 0.1) is 0 Å². The van der Waals surface area contributed by atoms with E-state index in [2.05, 4.69) is 23.6 Å². The van der Waals surface area contributed by atoms with Crippen LogP contribution in [0.1, 0.15) is 35.7 Å². The smallest absolute Gasteiger partial charge is 0.251 e. The second-order valence-electron chi connectivity index (χ2n) is 5.15. The molecule has 2 unspecified atom stereocenters. The molecule has 0 aliphatic carbocycles. The topological polar surface area (TPSA) is 41.1 Å². The molecule has 4 heteroatoms. The molecule has 1 aliphatic heterocycles. The van der Waals surface area contributed by atoms with Gasteiger partial charge in [0.1, 0.15) is 0 Å². The van der Waals surface area contributed by atoms with Crippen LogP contribution < -0.4 is 10.6 Å². The minimum atomic E-state index is 0.0500. The molecule has 2 atom stereocenters. The largest absolute Gasteiger partial charge is 0.348 e. The van der Waals surface area contributed by atoms with Crippen molar-refractivity contribution in [2.24, 2.45) is 0 Å². The molecule has 2 N–H and O–H groups in total. The van der Waals surface area contributed by atoms with Crippen LogP contribution in [0.5, 0.6) is 0 Å². The highest BCUT2D eigenvalue weighted by Gasteiger charge is 2.23. The molecule has 0 spiro atoms. The molecule has 2 rings (SSSR count). The number of aryl methyl sites for hydroxylation is 1. The van der Waals surface area contributed by atoms with Crippen LogP contribution in [0.4, 0.5) is 0 Å². The standard InChI is InChI=1S/C15H22N2OS/c1-10-6-7-12(19-3)9-13(10)15(18)17-14-5-4-8-16-11(14)2/h6-7,9,11,14,16H,4-5,8H2,1-3H3,(H,17,18). The Balaban J connectivity index is 2.10. The zero-order valence-electron chi connectivity index (χ0n) is 11.8. The molecule has 1 aromatic carbocycles. The van der Waals surface area contributed by atoms with Gasteiger partial charge in [-0.05, 0) is 57.2 Å². The fourth-order valence-corrected chi connectivity index (χ4v) is 2.90. The predicted octanol–water partition coefficient (Wildman–Crippen LogP) is 2.59. The minimum Gasteiger partial charge on any atom is -0.348 e. The van der Waals surface area contributed by atoms with Gasteiger partial charge >= 0.3 is 0 Å². The van der Waals surface area contributed by atoms with E-state index in [9.17, 15) is 4.79 Å². The van der Waals surface area contributed by atoms with Crippen molar-refractivity contribution < 1.29 is 4.79 Å². The van der Waals surface area contributed by atoms with Gasteiger partial charge in [-0.3, -0.25) is 4.79 Å². The average Bonchev–Trinajstić information content (AvgIpc) is 2.42. The lowest BCUT2D eigenvalue weighted by molar-refractivity contribution is 0.0919. The van der Waals surface area contributed by atoms with Crippen molar-refractivity contribution in [2.75, 3.05) is 12.8 Å². The molecule has 104 valence electrons. The van der Waals surface area contributed by atoms with Crippen molar-refractivity contribution in [2.45, 2.75) is 43.7 Å². The summed E-state index contributed by atoms with van der Waals surface area (Å²) in [6.45, 7) is 5.17. The SMILES string of the molecule is CSc1ccc(C)c(C(=O)NC2CCCNC2C)c1. The summed E-state index contributed by atoms with van der Waals surface area (Å²) in [5.74, 6) is 0.0500. The molecule has 1 saturated heterocycles. The van der Waals surface area contributed by atoms with E-state index in [1.807, 2.05) is 25.3 Å². The fourth-order valence-electron chi connectivity index (χ4n) is 2.46. The highest BCUT2D eigenvalue weighted by Crippen LogP contribution is 2.19. The number of hydrogen-bond acceptors (Lipinski definition) is 3. The first-order valence-electron chi connectivity index (χ1n) is 6.80. The van der Waals surface area contributed by atoms with Crippen molar-refractivity contribution in [3.8, 4) is 0 Å². The molecular formula is C15H22N2OS. The van der Waals surface area contributed by atoms with E-state index in [-0.39, 0.29) is 11.9 Å². The molecule has 1 heterocycles. The number of thioether (sulfide) groups is 1. The van der Waals surface area contributed by atoms with Gasteiger partial charge < -0.3 is 10.6 Å². The first-order valence-corrected chi connectivity index (χ1v) is 8.03. The Morgan fingerprint density at radius 2 is 2.26 bits per heavy atom. The maximum absolute atomic E-state index is 12.4. The number of hydrogen-bond donors (Lipinski definition) is 2. The van der Waals surface area contributed by atoms with E-state index in [4.69, 9.17) is 0 Å². The summed E-state index contributed by atoms with van der Waals surface area (Å²) in [6.07, 6.45) is 4.21. The Bertz CT molecular complexity index is 461. The summed E-state index contributed by atoms with van der Waals surface area (Å²) < 4.78 is 0. The summed E-state index contributed by atoms with van der Waals surface area (Å²) in [5.41, 5.74) is 1.83. The maximum atomic E-state index is 12.4. The lowest BCUT2D eigenvalue weighted by Crippen LogP contribution is -2.52. The van der Waals surface area contributed by atoms with Gasteiger partial charge in [-0.25, -0.2) is 0 Å². The third kappa shape index (κ3) is 3.51. The van der Waals surface area contributed by atoms with Crippen molar-refractivity contribution in [1.29, 1.82) is 0 Å². The van der Waals surface area contributed by atoms with Crippen LogP contribution in [-0.2, 0) is 0 Å². The summed E-state index contributed by atoms with van der Waals surface area (Å²) in [6, 6.07) is 6.64. The maximum Gasteiger partial charge on any atom is 0.251 e. The summed E-state index contributed by atoms with van der Waals surface area (Å²) >= 11 is 1.66. The number of benzene rings is 1.